The monoisotopic (exact) mass is 441 g/mol. The number of hydrogen-bond donors (Lipinski definition) is 0. The molecule has 32 heavy (non-hydrogen) atoms. The van der Waals surface area contributed by atoms with Crippen molar-refractivity contribution in [3.05, 3.63) is 83.9 Å². The Morgan fingerprint density at radius 2 is 1.69 bits per heavy atom. The summed E-state index contributed by atoms with van der Waals surface area (Å²) in [4.78, 5) is 15.4. The molecular formula is C26H29F2NO3. The van der Waals surface area contributed by atoms with Crippen molar-refractivity contribution in [3.8, 4) is 0 Å². The van der Waals surface area contributed by atoms with Gasteiger partial charge in [-0.15, -0.1) is 6.58 Å². The number of halogens is 2. The van der Waals surface area contributed by atoms with E-state index < -0.39 is 12.0 Å². The molecule has 2 aromatic carbocycles. The van der Waals surface area contributed by atoms with Gasteiger partial charge in [-0.2, -0.15) is 0 Å². The van der Waals surface area contributed by atoms with Crippen LogP contribution in [0.5, 0.6) is 0 Å². The minimum absolute atomic E-state index is 0.0258. The first-order chi connectivity index (χ1) is 15.5. The Balaban J connectivity index is 1.67. The molecule has 2 aliphatic heterocycles. The van der Waals surface area contributed by atoms with E-state index in [0.717, 1.165) is 30.5 Å². The third-order valence-corrected chi connectivity index (χ3v) is 6.57. The normalized spacial score (nSPS) is 25.1. The SMILES string of the molecule is C=CCN1[C@@H]2CC[C@H]1[C@H](C(=O)OCC)[C@@H](OC(c1ccc(F)cc1)c1ccc(F)cc1)C2. The molecule has 0 unspecified atom stereocenters. The van der Waals surface area contributed by atoms with Gasteiger partial charge in [0.15, 0.2) is 0 Å². The topological polar surface area (TPSA) is 38.8 Å². The first kappa shape index (κ1) is 22.6. The molecule has 0 aromatic heterocycles. The van der Waals surface area contributed by atoms with Gasteiger partial charge in [-0.25, -0.2) is 8.78 Å². The fourth-order valence-corrected chi connectivity index (χ4v) is 5.19. The number of rotatable bonds is 8. The molecule has 4 rings (SSSR count). The lowest BCUT2D eigenvalue weighted by Crippen LogP contribution is -2.55. The van der Waals surface area contributed by atoms with E-state index in [4.69, 9.17) is 9.47 Å². The van der Waals surface area contributed by atoms with E-state index in [1.54, 1.807) is 31.2 Å². The van der Waals surface area contributed by atoms with Crippen molar-refractivity contribution in [1.29, 1.82) is 0 Å². The minimum Gasteiger partial charge on any atom is -0.466 e. The molecule has 0 aliphatic carbocycles. The highest BCUT2D eigenvalue weighted by molar-refractivity contribution is 5.74. The molecule has 0 N–H and O–H groups in total. The molecule has 4 atom stereocenters. The van der Waals surface area contributed by atoms with Crippen molar-refractivity contribution in [2.45, 2.75) is 50.5 Å². The van der Waals surface area contributed by atoms with Crippen LogP contribution in [-0.4, -0.2) is 42.2 Å². The molecule has 0 amide bonds. The van der Waals surface area contributed by atoms with Gasteiger partial charge in [0, 0.05) is 18.6 Å². The highest BCUT2D eigenvalue weighted by Gasteiger charge is 2.51. The Labute approximate surface area is 187 Å². The predicted octanol–water partition coefficient (Wildman–Crippen LogP) is 5.04. The molecule has 6 heteroatoms. The molecule has 2 bridgehead atoms. The maximum absolute atomic E-state index is 13.6. The average molecular weight is 442 g/mol. The van der Waals surface area contributed by atoms with Crippen molar-refractivity contribution < 1.29 is 23.0 Å². The fourth-order valence-electron chi connectivity index (χ4n) is 5.19. The van der Waals surface area contributed by atoms with Gasteiger partial charge in [-0.1, -0.05) is 30.3 Å². The second kappa shape index (κ2) is 9.92. The van der Waals surface area contributed by atoms with Crippen LogP contribution in [0, 0.1) is 17.6 Å². The molecule has 2 heterocycles. The lowest BCUT2D eigenvalue weighted by Gasteiger charge is -2.44. The Kier molecular flexibility index (Phi) is 7.01. The predicted molar refractivity (Wildman–Crippen MR) is 118 cm³/mol. The van der Waals surface area contributed by atoms with Gasteiger partial charge in [0.25, 0.3) is 0 Å². The third-order valence-electron chi connectivity index (χ3n) is 6.57. The number of piperidine rings is 1. The van der Waals surface area contributed by atoms with E-state index >= 15 is 0 Å². The van der Waals surface area contributed by atoms with Crippen LogP contribution in [0.2, 0.25) is 0 Å². The first-order valence-corrected chi connectivity index (χ1v) is 11.2. The molecule has 2 fully saturated rings. The summed E-state index contributed by atoms with van der Waals surface area (Å²) in [6, 6.07) is 12.5. The second-order valence-corrected chi connectivity index (χ2v) is 8.46. The lowest BCUT2D eigenvalue weighted by atomic mass is 9.86. The maximum Gasteiger partial charge on any atom is 0.313 e. The molecule has 0 radical (unpaired) electrons. The summed E-state index contributed by atoms with van der Waals surface area (Å²) in [6.45, 7) is 6.69. The highest BCUT2D eigenvalue weighted by atomic mass is 19.1. The van der Waals surface area contributed by atoms with E-state index in [2.05, 4.69) is 11.5 Å². The number of hydrogen-bond acceptors (Lipinski definition) is 4. The first-order valence-electron chi connectivity index (χ1n) is 11.2. The number of carbonyl (C=O) groups is 1. The maximum atomic E-state index is 13.6. The standard InChI is InChI=1S/C26H29F2NO3/c1-3-15-29-21-13-14-22(29)24(26(30)31-4-2)23(16-21)32-25(17-5-9-19(27)10-6-17)18-7-11-20(28)12-8-18/h3,5-12,21-25H,1,4,13-16H2,2H3/t21-,22+,23+,24+/m1/s1. The zero-order chi connectivity index (χ0) is 22.7. The van der Waals surface area contributed by atoms with Gasteiger partial charge in [-0.05, 0) is 61.6 Å². The van der Waals surface area contributed by atoms with Gasteiger partial charge in [-0.3, -0.25) is 9.69 Å². The second-order valence-electron chi connectivity index (χ2n) is 8.46. The molecule has 2 saturated heterocycles. The summed E-state index contributed by atoms with van der Waals surface area (Å²) in [5, 5.41) is 0. The van der Waals surface area contributed by atoms with Crippen molar-refractivity contribution in [2.24, 2.45) is 5.92 Å². The van der Waals surface area contributed by atoms with E-state index in [9.17, 15) is 13.6 Å². The molecule has 0 saturated carbocycles. The summed E-state index contributed by atoms with van der Waals surface area (Å²) in [6.07, 6.45) is 3.53. The van der Waals surface area contributed by atoms with Gasteiger partial charge in [0.05, 0.1) is 18.6 Å². The summed E-state index contributed by atoms with van der Waals surface area (Å²) >= 11 is 0. The average Bonchev–Trinajstić information content (AvgIpc) is 3.05. The van der Waals surface area contributed by atoms with E-state index in [-0.39, 0.29) is 29.7 Å². The quantitative estimate of drug-likeness (QED) is 0.425. The summed E-state index contributed by atoms with van der Waals surface area (Å²) in [7, 11) is 0. The summed E-state index contributed by atoms with van der Waals surface area (Å²) < 4.78 is 39.2. The molecule has 0 spiro atoms. The Bertz CT molecular complexity index is 886. The fraction of sp³-hybridized carbons (Fsp3) is 0.423. The Hall–Kier alpha value is -2.57. The number of fused-ring (bicyclic) bond motifs is 2. The van der Waals surface area contributed by atoms with Crippen LogP contribution in [0.3, 0.4) is 0 Å². The number of ether oxygens (including phenoxy) is 2. The van der Waals surface area contributed by atoms with Gasteiger partial charge < -0.3 is 9.47 Å². The Morgan fingerprint density at radius 1 is 1.09 bits per heavy atom. The van der Waals surface area contributed by atoms with Crippen molar-refractivity contribution in [2.75, 3.05) is 13.2 Å². The zero-order valence-electron chi connectivity index (χ0n) is 18.3. The smallest absolute Gasteiger partial charge is 0.313 e. The lowest BCUT2D eigenvalue weighted by molar-refractivity contribution is -0.165. The van der Waals surface area contributed by atoms with Crippen LogP contribution < -0.4 is 0 Å². The number of esters is 1. The van der Waals surface area contributed by atoms with Crippen molar-refractivity contribution >= 4 is 5.97 Å². The van der Waals surface area contributed by atoms with Gasteiger partial charge in [0.2, 0.25) is 0 Å². The van der Waals surface area contributed by atoms with Crippen LogP contribution in [0.4, 0.5) is 8.78 Å². The number of benzene rings is 2. The highest BCUT2D eigenvalue weighted by Crippen LogP contribution is 2.43. The van der Waals surface area contributed by atoms with E-state index in [1.165, 1.54) is 24.3 Å². The van der Waals surface area contributed by atoms with Gasteiger partial charge >= 0.3 is 5.97 Å². The summed E-state index contributed by atoms with van der Waals surface area (Å²) in [5.41, 5.74) is 1.50. The molecule has 170 valence electrons. The van der Waals surface area contributed by atoms with Crippen LogP contribution >= 0.6 is 0 Å². The van der Waals surface area contributed by atoms with Crippen LogP contribution in [0.1, 0.15) is 43.4 Å². The van der Waals surface area contributed by atoms with Gasteiger partial charge in [0.1, 0.15) is 17.7 Å². The largest absolute Gasteiger partial charge is 0.466 e. The van der Waals surface area contributed by atoms with E-state index in [1.807, 2.05) is 6.08 Å². The molecule has 2 aliphatic rings. The van der Waals surface area contributed by atoms with Crippen LogP contribution in [-0.2, 0) is 14.3 Å². The van der Waals surface area contributed by atoms with Crippen molar-refractivity contribution in [1.82, 2.24) is 4.90 Å². The number of nitrogens with zero attached hydrogens (tertiary/aromatic N) is 1. The van der Waals surface area contributed by atoms with Crippen LogP contribution in [0.15, 0.2) is 61.2 Å². The van der Waals surface area contributed by atoms with Crippen LogP contribution in [0.25, 0.3) is 0 Å². The van der Waals surface area contributed by atoms with Crippen molar-refractivity contribution in [3.63, 3.8) is 0 Å². The zero-order valence-corrected chi connectivity index (χ0v) is 18.3. The third kappa shape index (κ3) is 4.62. The minimum atomic E-state index is -0.552. The molecular weight excluding hydrogens is 412 g/mol. The summed E-state index contributed by atoms with van der Waals surface area (Å²) in [5.74, 6) is -1.37. The van der Waals surface area contributed by atoms with E-state index in [0.29, 0.717) is 19.1 Å². The Morgan fingerprint density at radius 3 is 2.22 bits per heavy atom. The molecule has 4 nitrogen and oxygen atoms in total. The number of carbonyl (C=O) groups excluding carboxylic acids is 1. The molecule has 2 aromatic rings.